The summed E-state index contributed by atoms with van der Waals surface area (Å²) in [6.07, 6.45) is 0. The molecule has 0 rings (SSSR count). The van der Waals surface area contributed by atoms with Crippen LogP contribution in [0.15, 0.2) is 0 Å². The van der Waals surface area contributed by atoms with Crippen molar-refractivity contribution in [1.82, 2.24) is 0 Å². The van der Waals surface area contributed by atoms with Gasteiger partial charge in [-0.25, -0.2) is 0 Å². The molecular weight excluding hydrogens is 152 g/mol. The summed E-state index contributed by atoms with van der Waals surface area (Å²) in [6.45, 7) is 1.21. The molecule has 0 heterocycles. The maximum absolute atomic E-state index is 10.6. The van der Waals surface area contributed by atoms with Crippen molar-refractivity contribution >= 4 is 5.97 Å². The summed E-state index contributed by atoms with van der Waals surface area (Å²) in [6, 6.07) is -1.15. The Labute approximate surface area is 63.5 Å². The van der Waals surface area contributed by atoms with Crippen LogP contribution in [0.4, 0.5) is 0 Å². The third-order valence-corrected chi connectivity index (χ3v) is 0.935. The first-order valence-electron chi connectivity index (χ1n) is 3.12. The molecular formula is C5H10N2O4. The fraction of sp³-hybridized carbons (Fsp3) is 0.800. The predicted molar refractivity (Wildman–Crippen MR) is 36.5 cm³/mol. The Bertz CT molecular complexity index is 159. The van der Waals surface area contributed by atoms with E-state index in [-0.39, 0.29) is 6.61 Å². The van der Waals surface area contributed by atoms with Gasteiger partial charge in [0.1, 0.15) is 0 Å². The van der Waals surface area contributed by atoms with E-state index in [9.17, 15) is 14.9 Å². The van der Waals surface area contributed by atoms with Crippen LogP contribution in [0, 0.1) is 10.1 Å². The van der Waals surface area contributed by atoms with Gasteiger partial charge in [0.15, 0.2) is 6.04 Å². The van der Waals surface area contributed by atoms with Gasteiger partial charge in [-0.1, -0.05) is 0 Å². The monoisotopic (exact) mass is 162 g/mol. The van der Waals surface area contributed by atoms with Crippen LogP contribution in [0.2, 0.25) is 0 Å². The van der Waals surface area contributed by atoms with E-state index in [4.69, 9.17) is 5.73 Å². The van der Waals surface area contributed by atoms with Gasteiger partial charge in [-0.3, -0.25) is 14.9 Å². The van der Waals surface area contributed by atoms with Crippen molar-refractivity contribution in [2.75, 3.05) is 13.2 Å². The molecule has 0 spiro atoms. The first kappa shape index (κ1) is 9.83. The minimum atomic E-state index is -1.15. The van der Waals surface area contributed by atoms with Gasteiger partial charge >= 0.3 is 5.97 Å². The maximum atomic E-state index is 10.6. The highest BCUT2D eigenvalue weighted by Gasteiger charge is 2.19. The van der Waals surface area contributed by atoms with Crippen LogP contribution in [-0.4, -0.2) is 30.1 Å². The van der Waals surface area contributed by atoms with E-state index in [1.807, 2.05) is 0 Å². The molecule has 2 N–H and O–H groups in total. The second-order valence-corrected chi connectivity index (χ2v) is 1.87. The zero-order valence-corrected chi connectivity index (χ0v) is 6.15. The minimum Gasteiger partial charge on any atom is -0.465 e. The lowest BCUT2D eigenvalue weighted by molar-refractivity contribution is -0.480. The smallest absolute Gasteiger partial charge is 0.329 e. The fourth-order valence-electron chi connectivity index (χ4n) is 0.484. The Morgan fingerprint density at radius 1 is 1.82 bits per heavy atom. The molecule has 0 fully saturated rings. The molecule has 0 amide bonds. The summed E-state index contributed by atoms with van der Waals surface area (Å²) in [5.41, 5.74) is 5.09. The lowest BCUT2D eigenvalue weighted by Gasteiger charge is -2.04. The molecule has 0 radical (unpaired) electrons. The molecule has 64 valence electrons. The van der Waals surface area contributed by atoms with E-state index in [1.54, 1.807) is 6.92 Å². The van der Waals surface area contributed by atoms with Crippen molar-refractivity contribution in [3.05, 3.63) is 10.1 Å². The molecule has 0 saturated carbocycles. The topological polar surface area (TPSA) is 95.5 Å². The molecule has 1 atom stereocenters. The molecule has 11 heavy (non-hydrogen) atoms. The first-order chi connectivity index (χ1) is 5.07. The Hall–Kier alpha value is -1.17. The zero-order valence-electron chi connectivity index (χ0n) is 6.15. The Kier molecular flexibility index (Phi) is 4.12. The number of hydrogen-bond acceptors (Lipinski definition) is 5. The summed E-state index contributed by atoms with van der Waals surface area (Å²) < 4.78 is 4.44. The standard InChI is InChI=1S/C5H10N2O4/c1-2-11-5(8)4(6)3-7(9)10/h4H,2-3,6H2,1H3/t4-/m0/s1. The number of carbonyl (C=O) groups excluding carboxylic acids is 1. The number of esters is 1. The van der Waals surface area contributed by atoms with Crippen LogP contribution in [-0.2, 0) is 9.53 Å². The van der Waals surface area contributed by atoms with Crippen molar-refractivity contribution in [3.63, 3.8) is 0 Å². The Balaban J connectivity index is 3.73. The van der Waals surface area contributed by atoms with Gasteiger partial charge in [-0.2, -0.15) is 0 Å². The number of nitrogens with zero attached hydrogens (tertiary/aromatic N) is 1. The Morgan fingerprint density at radius 2 is 2.36 bits per heavy atom. The quantitative estimate of drug-likeness (QED) is 0.330. The van der Waals surface area contributed by atoms with Gasteiger partial charge in [0.25, 0.3) is 0 Å². The van der Waals surface area contributed by atoms with Crippen molar-refractivity contribution in [2.24, 2.45) is 5.73 Å². The first-order valence-corrected chi connectivity index (χ1v) is 3.12. The van der Waals surface area contributed by atoms with Gasteiger partial charge < -0.3 is 10.5 Å². The van der Waals surface area contributed by atoms with Crippen LogP contribution in [0.3, 0.4) is 0 Å². The van der Waals surface area contributed by atoms with E-state index in [1.165, 1.54) is 0 Å². The molecule has 0 bridgehead atoms. The summed E-state index contributed by atoms with van der Waals surface area (Å²) >= 11 is 0. The van der Waals surface area contributed by atoms with E-state index < -0.39 is 23.5 Å². The molecule has 0 aliphatic heterocycles. The van der Waals surface area contributed by atoms with Crippen LogP contribution in [0.1, 0.15) is 6.92 Å². The van der Waals surface area contributed by atoms with Crippen molar-refractivity contribution in [3.8, 4) is 0 Å². The van der Waals surface area contributed by atoms with Crippen LogP contribution >= 0.6 is 0 Å². The Morgan fingerprint density at radius 3 is 2.73 bits per heavy atom. The third-order valence-electron chi connectivity index (χ3n) is 0.935. The number of nitrogens with two attached hydrogens (primary N) is 1. The van der Waals surface area contributed by atoms with Gasteiger partial charge in [0.05, 0.1) is 6.61 Å². The highest BCUT2D eigenvalue weighted by molar-refractivity contribution is 5.75. The lowest BCUT2D eigenvalue weighted by Crippen LogP contribution is -2.38. The number of hydrogen-bond donors (Lipinski definition) is 1. The lowest BCUT2D eigenvalue weighted by atomic mass is 10.3. The highest BCUT2D eigenvalue weighted by Crippen LogP contribution is 1.85. The normalized spacial score (nSPS) is 12.2. The summed E-state index contributed by atoms with van der Waals surface area (Å²) in [5.74, 6) is -0.732. The molecule has 6 nitrogen and oxygen atoms in total. The molecule has 0 aromatic rings. The van der Waals surface area contributed by atoms with Gasteiger partial charge in [0, 0.05) is 4.92 Å². The fourth-order valence-corrected chi connectivity index (χ4v) is 0.484. The second kappa shape index (κ2) is 4.62. The summed E-state index contributed by atoms with van der Waals surface area (Å²) in [7, 11) is 0. The molecule has 0 aromatic carbocycles. The van der Waals surface area contributed by atoms with Crippen LogP contribution in [0.5, 0.6) is 0 Å². The number of carbonyl (C=O) groups is 1. The van der Waals surface area contributed by atoms with E-state index in [0.29, 0.717) is 0 Å². The molecule has 6 heteroatoms. The minimum absolute atomic E-state index is 0.185. The van der Waals surface area contributed by atoms with Crippen LogP contribution < -0.4 is 5.73 Å². The average molecular weight is 162 g/mol. The zero-order chi connectivity index (χ0) is 8.85. The molecule has 0 aliphatic rings. The van der Waals surface area contributed by atoms with E-state index in [0.717, 1.165) is 0 Å². The average Bonchev–Trinajstić information content (AvgIpc) is 1.86. The van der Waals surface area contributed by atoms with Gasteiger partial charge in [-0.15, -0.1) is 0 Å². The summed E-state index contributed by atoms with van der Waals surface area (Å²) in [5, 5.41) is 9.84. The molecule has 0 unspecified atom stereocenters. The number of nitro groups is 1. The van der Waals surface area contributed by atoms with Crippen molar-refractivity contribution in [1.29, 1.82) is 0 Å². The maximum Gasteiger partial charge on any atom is 0.329 e. The third kappa shape index (κ3) is 4.26. The number of rotatable bonds is 4. The molecule has 0 saturated heterocycles. The van der Waals surface area contributed by atoms with Gasteiger partial charge in [-0.05, 0) is 6.92 Å². The largest absolute Gasteiger partial charge is 0.465 e. The highest BCUT2D eigenvalue weighted by atomic mass is 16.6. The predicted octanol–water partition coefficient (Wildman–Crippen LogP) is -0.846. The van der Waals surface area contributed by atoms with E-state index >= 15 is 0 Å². The van der Waals surface area contributed by atoms with Gasteiger partial charge in [0.2, 0.25) is 6.54 Å². The molecule has 0 aromatic heterocycles. The molecule has 0 aliphatic carbocycles. The summed E-state index contributed by atoms with van der Waals surface area (Å²) in [4.78, 5) is 19.8. The van der Waals surface area contributed by atoms with Crippen molar-refractivity contribution < 1.29 is 14.5 Å². The SMILES string of the molecule is CCOC(=O)[C@@H](N)C[N+](=O)[O-]. The second-order valence-electron chi connectivity index (χ2n) is 1.87. The van der Waals surface area contributed by atoms with Crippen LogP contribution in [0.25, 0.3) is 0 Å². The van der Waals surface area contributed by atoms with Crippen molar-refractivity contribution in [2.45, 2.75) is 13.0 Å². The number of ether oxygens (including phenoxy) is 1. The van der Waals surface area contributed by atoms with E-state index in [2.05, 4.69) is 4.74 Å².